The molecule has 1 atom stereocenters. The van der Waals surface area contributed by atoms with Crippen LogP contribution in [0.25, 0.3) is 0 Å². The maximum atomic E-state index is 13.7. The quantitative estimate of drug-likeness (QED) is 0.771. The van der Waals surface area contributed by atoms with E-state index in [1.54, 1.807) is 0 Å². The monoisotopic (exact) mass is 413 g/mol. The molecular weight excluding hydrogens is 374 g/mol. The molecule has 1 aromatic rings. The first kappa shape index (κ1) is 21.8. The Labute approximate surface area is 182 Å². The van der Waals surface area contributed by atoms with Crippen LogP contribution in [0.15, 0.2) is 30.3 Å². The van der Waals surface area contributed by atoms with Crippen molar-refractivity contribution in [2.45, 2.75) is 69.4 Å². The van der Waals surface area contributed by atoms with Crippen molar-refractivity contribution in [2.75, 3.05) is 45.9 Å². The number of nitrogens with zero attached hydrogens (tertiary/aromatic N) is 2. The summed E-state index contributed by atoms with van der Waals surface area (Å²) in [5, 5.41) is 3.44. The van der Waals surface area contributed by atoms with E-state index in [2.05, 4.69) is 45.4 Å². The minimum absolute atomic E-state index is 0.250. The number of nitrogens with one attached hydrogen (secondary N) is 1. The first-order valence-electron chi connectivity index (χ1n) is 12.2. The van der Waals surface area contributed by atoms with Crippen molar-refractivity contribution < 1.29 is 9.53 Å². The molecule has 1 N–H and O–H groups in total. The lowest BCUT2D eigenvalue weighted by atomic mass is 9.79. The van der Waals surface area contributed by atoms with Gasteiger partial charge in [0.15, 0.2) is 0 Å². The van der Waals surface area contributed by atoms with Gasteiger partial charge in [-0.15, -0.1) is 0 Å². The van der Waals surface area contributed by atoms with Gasteiger partial charge in [-0.25, -0.2) is 0 Å². The largest absolute Gasteiger partial charge is 0.379 e. The van der Waals surface area contributed by atoms with Crippen LogP contribution in [0.2, 0.25) is 0 Å². The second-order valence-corrected chi connectivity index (χ2v) is 9.28. The van der Waals surface area contributed by atoms with Gasteiger partial charge in [0.1, 0.15) is 5.54 Å². The molecular formula is C25H39N3O2. The molecule has 30 heavy (non-hydrogen) atoms. The normalized spacial score (nSPS) is 24.7. The zero-order valence-electron chi connectivity index (χ0n) is 18.5. The molecule has 0 aromatic heterocycles. The summed E-state index contributed by atoms with van der Waals surface area (Å²) < 4.78 is 5.58. The molecule has 166 valence electrons. The van der Waals surface area contributed by atoms with Crippen LogP contribution in [0.1, 0.15) is 69.4 Å². The van der Waals surface area contributed by atoms with Gasteiger partial charge in [0, 0.05) is 19.6 Å². The fraction of sp³-hybridized carbons (Fsp3) is 0.720. The number of benzene rings is 1. The van der Waals surface area contributed by atoms with Crippen LogP contribution in [0, 0.1) is 0 Å². The summed E-state index contributed by atoms with van der Waals surface area (Å²) in [4.78, 5) is 18.7. The van der Waals surface area contributed by atoms with Gasteiger partial charge < -0.3 is 10.1 Å². The second kappa shape index (κ2) is 10.7. The standard InChI is InChI=1S/C25H39N3O2/c29-24(25(13-7-4-8-14-25)28-17-19-30-20-18-28)26-21-23(22-11-5-3-6-12-22)27-15-9-1-2-10-16-27/h3,5-6,11-12,23H,1-2,4,7-10,13-21H2,(H,26,29). The fourth-order valence-electron chi connectivity index (χ4n) is 5.71. The van der Waals surface area contributed by atoms with Gasteiger partial charge >= 0.3 is 0 Å². The topological polar surface area (TPSA) is 44.8 Å². The number of hydrogen-bond acceptors (Lipinski definition) is 4. The molecule has 3 aliphatic rings. The molecule has 1 unspecified atom stereocenters. The molecule has 0 radical (unpaired) electrons. The summed E-state index contributed by atoms with van der Waals surface area (Å²) in [6.07, 6.45) is 10.7. The van der Waals surface area contributed by atoms with Crippen LogP contribution in [-0.4, -0.2) is 67.2 Å². The molecule has 1 amide bonds. The smallest absolute Gasteiger partial charge is 0.240 e. The van der Waals surface area contributed by atoms with E-state index in [1.807, 2.05) is 0 Å². The van der Waals surface area contributed by atoms with Crippen LogP contribution >= 0.6 is 0 Å². The lowest BCUT2D eigenvalue weighted by Gasteiger charge is -2.46. The number of carbonyl (C=O) groups excluding carboxylic acids is 1. The third kappa shape index (κ3) is 5.06. The molecule has 5 heteroatoms. The molecule has 1 aromatic carbocycles. The Kier molecular flexibility index (Phi) is 7.80. The highest BCUT2D eigenvalue weighted by Crippen LogP contribution is 2.35. The van der Waals surface area contributed by atoms with Gasteiger partial charge in [0.2, 0.25) is 5.91 Å². The summed E-state index contributed by atoms with van der Waals surface area (Å²) in [5.74, 6) is 0.250. The van der Waals surface area contributed by atoms with Crippen molar-refractivity contribution in [3.63, 3.8) is 0 Å². The molecule has 3 fully saturated rings. The predicted molar refractivity (Wildman–Crippen MR) is 120 cm³/mol. The van der Waals surface area contributed by atoms with Gasteiger partial charge in [-0.05, 0) is 44.3 Å². The first-order valence-corrected chi connectivity index (χ1v) is 12.2. The van der Waals surface area contributed by atoms with Crippen molar-refractivity contribution in [2.24, 2.45) is 0 Å². The van der Waals surface area contributed by atoms with Crippen LogP contribution in [-0.2, 0) is 9.53 Å². The van der Waals surface area contributed by atoms with Crippen molar-refractivity contribution in [1.82, 2.24) is 15.1 Å². The molecule has 2 saturated heterocycles. The fourth-order valence-corrected chi connectivity index (χ4v) is 5.71. The Morgan fingerprint density at radius 1 is 0.900 bits per heavy atom. The summed E-state index contributed by atoms with van der Waals surface area (Å²) >= 11 is 0. The van der Waals surface area contributed by atoms with E-state index in [-0.39, 0.29) is 17.5 Å². The number of likely N-dealkylation sites (tertiary alicyclic amines) is 1. The molecule has 0 spiro atoms. The van der Waals surface area contributed by atoms with E-state index in [0.29, 0.717) is 6.54 Å². The van der Waals surface area contributed by atoms with Crippen molar-refractivity contribution in [1.29, 1.82) is 0 Å². The molecule has 5 nitrogen and oxygen atoms in total. The SMILES string of the molecule is O=C(NCC(c1ccccc1)N1CCCCCC1)C1(N2CCOCC2)CCCCC1. The first-order chi connectivity index (χ1) is 14.8. The van der Waals surface area contributed by atoms with E-state index in [9.17, 15) is 4.79 Å². The van der Waals surface area contributed by atoms with Gasteiger partial charge in [-0.2, -0.15) is 0 Å². The molecule has 0 bridgehead atoms. The lowest BCUT2D eigenvalue weighted by molar-refractivity contribution is -0.140. The van der Waals surface area contributed by atoms with E-state index in [1.165, 1.54) is 37.7 Å². The Morgan fingerprint density at radius 3 is 2.20 bits per heavy atom. The van der Waals surface area contributed by atoms with E-state index < -0.39 is 0 Å². The van der Waals surface area contributed by atoms with Gasteiger partial charge in [0.05, 0.1) is 19.3 Å². The minimum atomic E-state index is -0.331. The van der Waals surface area contributed by atoms with Crippen LogP contribution in [0.5, 0.6) is 0 Å². The van der Waals surface area contributed by atoms with Gasteiger partial charge in [-0.3, -0.25) is 14.6 Å². The highest BCUT2D eigenvalue weighted by Gasteiger charge is 2.45. The van der Waals surface area contributed by atoms with Crippen molar-refractivity contribution >= 4 is 5.91 Å². The average Bonchev–Trinajstić information content (AvgIpc) is 3.10. The number of amides is 1. The number of morpholine rings is 1. The molecule has 1 saturated carbocycles. The van der Waals surface area contributed by atoms with Gasteiger partial charge in [-0.1, -0.05) is 62.4 Å². The van der Waals surface area contributed by atoms with Crippen LogP contribution in [0.3, 0.4) is 0 Å². The second-order valence-electron chi connectivity index (χ2n) is 9.28. The van der Waals surface area contributed by atoms with Crippen molar-refractivity contribution in [3.05, 3.63) is 35.9 Å². The van der Waals surface area contributed by atoms with E-state index >= 15 is 0 Å². The zero-order chi connectivity index (χ0) is 20.7. The summed E-state index contributed by atoms with van der Waals surface area (Å²) in [7, 11) is 0. The zero-order valence-corrected chi connectivity index (χ0v) is 18.5. The Morgan fingerprint density at radius 2 is 1.53 bits per heavy atom. The van der Waals surface area contributed by atoms with Gasteiger partial charge in [0.25, 0.3) is 0 Å². The molecule has 1 aliphatic carbocycles. The highest BCUT2D eigenvalue weighted by atomic mass is 16.5. The number of ether oxygens (including phenoxy) is 1. The number of carbonyl (C=O) groups is 1. The Balaban J connectivity index is 1.49. The molecule has 4 rings (SSSR count). The molecule has 2 heterocycles. The number of hydrogen-bond donors (Lipinski definition) is 1. The Hall–Kier alpha value is -1.43. The molecule has 2 aliphatic heterocycles. The van der Waals surface area contributed by atoms with E-state index in [4.69, 9.17) is 4.74 Å². The third-order valence-electron chi connectivity index (χ3n) is 7.44. The van der Waals surface area contributed by atoms with E-state index in [0.717, 1.165) is 65.1 Å². The number of rotatable bonds is 6. The van der Waals surface area contributed by atoms with Crippen LogP contribution < -0.4 is 5.32 Å². The minimum Gasteiger partial charge on any atom is -0.379 e. The highest BCUT2D eigenvalue weighted by molar-refractivity contribution is 5.86. The Bertz CT molecular complexity index is 646. The lowest BCUT2D eigenvalue weighted by Crippen LogP contribution is -2.62. The van der Waals surface area contributed by atoms with Crippen LogP contribution in [0.4, 0.5) is 0 Å². The third-order valence-corrected chi connectivity index (χ3v) is 7.44. The summed E-state index contributed by atoms with van der Waals surface area (Å²) in [5.41, 5.74) is 0.992. The summed E-state index contributed by atoms with van der Waals surface area (Å²) in [6, 6.07) is 11.0. The summed E-state index contributed by atoms with van der Waals surface area (Å²) in [6.45, 7) is 6.21. The maximum Gasteiger partial charge on any atom is 0.240 e. The maximum absolute atomic E-state index is 13.7. The predicted octanol–water partition coefficient (Wildman–Crippen LogP) is 3.76. The van der Waals surface area contributed by atoms with Crippen molar-refractivity contribution in [3.8, 4) is 0 Å². The average molecular weight is 414 g/mol.